The number of rotatable bonds is 6. The van der Waals surface area contributed by atoms with E-state index in [0.717, 1.165) is 4.88 Å². The van der Waals surface area contributed by atoms with Crippen LogP contribution in [0.4, 0.5) is 15.9 Å². The summed E-state index contributed by atoms with van der Waals surface area (Å²) in [6, 6.07) is 4.86. The molecule has 2 N–H and O–H groups in total. The van der Waals surface area contributed by atoms with Gasteiger partial charge in [0.1, 0.15) is 11.4 Å². The van der Waals surface area contributed by atoms with Crippen LogP contribution in [0.25, 0.3) is 11.4 Å². The van der Waals surface area contributed by atoms with Crippen molar-refractivity contribution in [1.82, 2.24) is 24.7 Å². The molecule has 0 amide bonds. The molecule has 10 heteroatoms. The third-order valence-electron chi connectivity index (χ3n) is 6.63. The van der Waals surface area contributed by atoms with E-state index in [1.807, 2.05) is 0 Å². The van der Waals surface area contributed by atoms with Crippen molar-refractivity contribution in [2.75, 3.05) is 5.32 Å². The van der Waals surface area contributed by atoms with Gasteiger partial charge in [0.05, 0.1) is 23.2 Å². The minimum atomic E-state index is -0.580. The topological polar surface area (TPSA) is 106 Å². The van der Waals surface area contributed by atoms with E-state index >= 15 is 0 Å². The van der Waals surface area contributed by atoms with Gasteiger partial charge < -0.3 is 9.88 Å². The second kappa shape index (κ2) is 7.98. The van der Waals surface area contributed by atoms with Crippen LogP contribution in [0, 0.1) is 5.82 Å². The van der Waals surface area contributed by atoms with Crippen molar-refractivity contribution in [3.8, 4) is 11.4 Å². The number of H-pyrrole nitrogens is 1. The number of carbonyl (C=O) groups is 1. The van der Waals surface area contributed by atoms with Gasteiger partial charge in [0, 0.05) is 30.0 Å². The molecule has 2 aliphatic rings. The van der Waals surface area contributed by atoms with Gasteiger partial charge in [-0.1, -0.05) is 0 Å². The molecule has 4 heterocycles. The maximum absolute atomic E-state index is 14.8. The van der Waals surface area contributed by atoms with Gasteiger partial charge in [0.25, 0.3) is 5.56 Å². The number of halogens is 1. The third kappa shape index (κ3) is 3.54. The van der Waals surface area contributed by atoms with Crippen LogP contribution in [0.5, 0.6) is 0 Å². The van der Waals surface area contributed by atoms with Crippen LogP contribution in [-0.2, 0) is 13.5 Å². The maximum Gasteiger partial charge on any atom is 0.293 e. The van der Waals surface area contributed by atoms with Crippen molar-refractivity contribution in [1.29, 1.82) is 0 Å². The first-order valence-electron chi connectivity index (χ1n) is 11.1. The first kappa shape index (κ1) is 20.9. The molecule has 6 rings (SSSR count). The number of hydrogen-bond donors (Lipinski definition) is 2. The Morgan fingerprint density at radius 1 is 1.29 bits per heavy atom. The zero-order chi connectivity index (χ0) is 23.4. The van der Waals surface area contributed by atoms with Crippen LogP contribution >= 0.6 is 11.3 Å². The second-order valence-corrected chi connectivity index (χ2v) is 9.96. The Labute approximate surface area is 197 Å². The fourth-order valence-electron chi connectivity index (χ4n) is 4.97. The quantitative estimate of drug-likeness (QED) is 0.402. The van der Waals surface area contributed by atoms with Crippen molar-refractivity contribution < 1.29 is 9.18 Å². The predicted octanol–water partition coefficient (Wildman–Crippen LogP) is 4.30. The van der Waals surface area contributed by atoms with Gasteiger partial charge in [0.2, 0.25) is 0 Å². The lowest BCUT2D eigenvalue weighted by atomic mass is 9.98. The summed E-state index contributed by atoms with van der Waals surface area (Å²) in [5.41, 5.74) is 2.15. The standard InChI is InChI=1S/C24H21FN6O2S/c1-31-11-18(30-23(24(31)33)29-15-9-26-27-10-15)21-17(25)5-4-14(28-21)7-19(32)20-8-16-12-2-3-13(6-12)22(16)34-20/h4-5,8-13H,2-3,6-7H2,1H3,(H,26,27)(H,29,30). The van der Waals surface area contributed by atoms with E-state index in [1.165, 1.54) is 58.8 Å². The molecule has 0 spiro atoms. The van der Waals surface area contributed by atoms with E-state index in [4.69, 9.17) is 0 Å². The normalized spacial score (nSPS) is 18.3. The number of anilines is 2. The van der Waals surface area contributed by atoms with E-state index in [1.54, 1.807) is 24.6 Å². The first-order valence-corrected chi connectivity index (χ1v) is 11.9. The summed E-state index contributed by atoms with van der Waals surface area (Å²) >= 11 is 1.61. The lowest BCUT2D eigenvalue weighted by molar-refractivity contribution is 0.0995. The van der Waals surface area contributed by atoms with Crippen LogP contribution in [-0.4, -0.2) is 30.5 Å². The summed E-state index contributed by atoms with van der Waals surface area (Å²) in [5, 5.41) is 9.36. The fraction of sp³-hybridized carbons (Fsp3) is 0.292. The van der Waals surface area contributed by atoms with Crippen molar-refractivity contribution >= 4 is 28.6 Å². The van der Waals surface area contributed by atoms with Gasteiger partial charge in [-0.3, -0.25) is 14.7 Å². The van der Waals surface area contributed by atoms with Crippen molar-refractivity contribution in [3.05, 3.63) is 74.0 Å². The minimum Gasteiger partial charge on any atom is -0.333 e. The van der Waals surface area contributed by atoms with Crippen LogP contribution in [0.2, 0.25) is 0 Å². The lowest BCUT2D eigenvalue weighted by Gasteiger charge is -2.10. The average Bonchev–Trinajstić information content (AvgIpc) is 3.61. The van der Waals surface area contributed by atoms with E-state index in [0.29, 0.717) is 23.2 Å². The first-order chi connectivity index (χ1) is 16.5. The van der Waals surface area contributed by atoms with Crippen LogP contribution in [0.1, 0.15) is 56.9 Å². The van der Waals surface area contributed by atoms with Crippen LogP contribution in [0.3, 0.4) is 0 Å². The highest BCUT2D eigenvalue weighted by Crippen LogP contribution is 2.55. The fourth-order valence-corrected chi connectivity index (χ4v) is 6.30. The van der Waals surface area contributed by atoms with Crippen LogP contribution < -0.4 is 10.9 Å². The van der Waals surface area contributed by atoms with Gasteiger partial charge >= 0.3 is 0 Å². The molecule has 0 aromatic carbocycles. The molecule has 2 atom stereocenters. The highest BCUT2D eigenvalue weighted by molar-refractivity contribution is 7.14. The number of carbonyl (C=O) groups excluding carboxylic acids is 1. The number of aryl methyl sites for hydroxylation is 1. The number of fused-ring (bicyclic) bond motifs is 5. The highest BCUT2D eigenvalue weighted by Gasteiger charge is 2.39. The summed E-state index contributed by atoms with van der Waals surface area (Å²) in [4.78, 5) is 36.3. The molecule has 2 unspecified atom stereocenters. The van der Waals surface area contributed by atoms with Gasteiger partial charge in [-0.25, -0.2) is 14.4 Å². The maximum atomic E-state index is 14.8. The van der Waals surface area contributed by atoms with Crippen molar-refractivity contribution in [2.24, 2.45) is 7.05 Å². The van der Waals surface area contributed by atoms with Gasteiger partial charge in [-0.2, -0.15) is 5.10 Å². The van der Waals surface area contributed by atoms with Crippen LogP contribution in [0.15, 0.2) is 41.6 Å². The molecule has 1 fully saturated rings. The zero-order valence-electron chi connectivity index (χ0n) is 18.3. The SMILES string of the molecule is Cn1cc(-c2nc(CC(=O)c3cc4c(s3)C3CCC4C3)ccc2F)nc(Nc2cn[nH]c2)c1=O. The Bertz CT molecular complexity index is 1450. The molecule has 8 nitrogen and oxygen atoms in total. The summed E-state index contributed by atoms with van der Waals surface area (Å²) in [7, 11) is 1.56. The molecule has 34 heavy (non-hydrogen) atoms. The number of thiophene rings is 1. The molecule has 0 radical (unpaired) electrons. The second-order valence-electron chi connectivity index (χ2n) is 8.87. The summed E-state index contributed by atoms with van der Waals surface area (Å²) < 4.78 is 16.1. The Balaban J connectivity index is 1.29. The monoisotopic (exact) mass is 476 g/mol. The van der Waals surface area contributed by atoms with Gasteiger partial charge in [-0.05, 0) is 54.9 Å². The number of aromatic amines is 1. The molecule has 1 saturated carbocycles. The lowest BCUT2D eigenvalue weighted by Crippen LogP contribution is -2.21. The van der Waals surface area contributed by atoms with Crippen molar-refractivity contribution in [2.45, 2.75) is 37.5 Å². The smallest absolute Gasteiger partial charge is 0.293 e. The van der Waals surface area contributed by atoms with E-state index < -0.39 is 5.82 Å². The number of nitrogens with zero attached hydrogens (tertiary/aromatic N) is 4. The molecule has 2 bridgehead atoms. The Hall–Kier alpha value is -3.66. The van der Waals surface area contributed by atoms with E-state index in [-0.39, 0.29) is 35.0 Å². The zero-order valence-corrected chi connectivity index (χ0v) is 19.2. The number of pyridine rings is 1. The Kier molecular flexibility index (Phi) is 4.91. The summed E-state index contributed by atoms with van der Waals surface area (Å²) in [6.45, 7) is 0. The highest BCUT2D eigenvalue weighted by atomic mass is 32.1. The molecule has 0 aliphatic heterocycles. The molecule has 0 saturated heterocycles. The Morgan fingerprint density at radius 3 is 2.94 bits per heavy atom. The molecular weight excluding hydrogens is 455 g/mol. The van der Waals surface area contributed by atoms with E-state index in [9.17, 15) is 14.0 Å². The number of ketones is 1. The molecular formula is C24H21FN6O2S. The predicted molar refractivity (Wildman–Crippen MR) is 126 cm³/mol. The number of hydrogen-bond acceptors (Lipinski definition) is 7. The molecule has 4 aromatic heterocycles. The van der Waals surface area contributed by atoms with Crippen molar-refractivity contribution in [3.63, 3.8) is 0 Å². The number of aromatic nitrogens is 5. The summed E-state index contributed by atoms with van der Waals surface area (Å²) in [5.74, 6) is 0.645. The number of Topliss-reactive ketones (excluding diaryl/α,β-unsaturated/α-hetero) is 1. The largest absolute Gasteiger partial charge is 0.333 e. The summed E-state index contributed by atoms with van der Waals surface area (Å²) in [6.07, 6.45) is 8.25. The molecule has 172 valence electrons. The minimum absolute atomic E-state index is 0.0112. The average molecular weight is 477 g/mol. The molecule has 4 aromatic rings. The van der Waals surface area contributed by atoms with Gasteiger partial charge in [-0.15, -0.1) is 11.3 Å². The van der Waals surface area contributed by atoms with E-state index in [2.05, 4.69) is 31.5 Å². The number of nitrogens with one attached hydrogen (secondary N) is 2. The Morgan fingerprint density at radius 2 is 2.15 bits per heavy atom. The van der Waals surface area contributed by atoms with Gasteiger partial charge in [0.15, 0.2) is 17.4 Å². The third-order valence-corrected chi connectivity index (χ3v) is 7.98. The molecule has 2 aliphatic carbocycles.